The molecule has 2 N–H and O–H groups in total. The number of rotatable bonds is 4. The van der Waals surface area contributed by atoms with E-state index in [4.69, 9.17) is 4.74 Å². The van der Waals surface area contributed by atoms with E-state index in [1.54, 1.807) is 31.2 Å². The van der Waals surface area contributed by atoms with E-state index < -0.39 is 17.7 Å². The van der Waals surface area contributed by atoms with Gasteiger partial charge in [-0.25, -0.2) is 9.18 Å². The molecule has 0 bridgehead atoms. The van der Waals surface area contributed by atoms with Gasteiger partial charge in [0.25, 0.3) is 0 Å². The molecule has 0 saturated carbocycles. The molecule has 0 spiro atoms. The molecule has 2 aromatic carbocycles. The number of hydrogen-bond donors (Lipinski definition) is 2. The highest BCUT2D eigenvalue weighted by atomic mass is 19.1. The molecule has 7 heteroatoms. The van der Waals surface area contributed by atoms with Crippen molar-refractivity contribution in [2.75, 3.05) is 17.2 Å². The van der Waals surface area contributed by atoms with Crippen molar-refractivity contribution in [3.8, 4) is 0 Å². The highest BCUT2D eigenvalue weighted by molar-refractivity contribution is 6.05. The van der Waals surface area contributed by atoms with Gasteiger partial charge in [-0.1, -0.05) is 6.07 Å². The number of nitrogens with one attached hydrogen (secondary N) is 2. The highest BCUT2D eigenvalue weighted by Crippen LogP contribution is 2.33. The Bertz CT molecular complexity index is 864. The van der Waals surface area contributed by atoms with Crippen LogP contribution in [0.3, 0.4) is 0 Å². The van der Waals surface area contributed by atoms with Gasteiger partial charge in [-0.15, -0.1) is 0 Å². The lowest BCUT2D eigenvalue weighted by molar-refractivity contribution is -0.123. The summed E-state index contributed by atoms with van der Waals surface area (Å²) in [4.78, 5) is 36.1. The molecule has 0 fully saturated rings. The lowest BCUT2D eigenvalue weighted by Crippen LogP contribution is -2.30. The minimum atomic E-state index is -0.718. The molecule has 6 nitrogen and oxygen atoms in total. The number of anilines is 2. The molecule has 1 aliphatic heterocycles. The van der Waals surface area contributed by atoms with Crippen molar-refractivity contribution in [2.24, 2.45) is 0 Å². The summed E-state index contributed by atoms with van der Waals surface area (Å²) in [5, 5.41) is 5.29. The fraction of sp³-hybridized carbons (Fsp3) is 0.211. The highest BCUT2D eigenvalue weighted by Gasteiger charge is 2.31. The Morgan fingerprint density at radius 2 is 1.96 bits per heavy atom. The van der Waals surface area contributed by atoms with Crippen LogP contribution in [0.4, 0.5) is 15.8 Å². The summed E-state index contributed by atoms with van der Waals surface area (Å²) in [5.74, 6) is -2.37. The van der Waals surface area contributed by atoms with Crippen molar-refractivity contribution in [2.45, 2.75) is 19.3 Å². The number of carbonyl (C=O) groups excluding carboxylic acids is 3. The van der Waals surface area contributed by atoms with E-state index in [1.165, 1.54) is 18.2 Å². The molecule has 134 valence electrons. The predicted molar refractivity (Wildman–Crippen MR) is 93.4 cm³/mol. The van der Waals surface area contributed by atoms with E-state index in [1.807, 2.05) is 0 Å². The predicted octanol–water partition coefficient (Wildman–Crippen LogP) is 3.07. The first-order valence-corrected chi connectivity index (χ1v) is 8.15. The molecule has 3 rings (SSSR count). The van der Waals surface area contributed by atoms with Gasteiger partial charge in [0.1, 0.15) is 5.82 Å². The number of benzene rings is 2. The first-order valence-electron chi connectivity index (χ1n) is 8.15. The molecule has 1 unspecified atom stereocenters. The van der Waals surface area contributed by atoms with Gasteiger partial charge in [0, 0.05) is 17.8 Å². The van der Waals surface area contributed by atoms with Gasteiger partial charge in [-0.2, -0.15) is 0 Å². The third kappa shape index (κ3) is 3.72. The van der Waals surface area contributed by atoms with Crippen LogP contribution in [0.25, 0.3) is 0 Å². The standard InChI is InChI=1S/C19H17FN2O4/c1-2-26-19(25)11-3-6-13(7-4-11)21-18(24)15-10-17(23)22-16-9-12(20)5-8-14(15)16/h3-9,15H,2,10H2,1H3,(H,21,24)(H,22,23). The normalized spacial score (nSPS) is 15.6. The second kappa shape index (κ2) is 7.35. The molecule has 1 atom stereocenters. The van der Waals surface area contributed by atoms with Gasteiger partial charge < -0.3 is 15.4 Å². The second-order valence-electron chi connectivity index (χ2n) is 5.82. The van der Waals surface area contributed by atoms with Crippen molar-refractivity contribution in [1.29, 1.82) is 0 Å². The van der Waals surface area contributed by atoms with Crippen LogP contribution >= 0.6 is 0 Å². The first-order chi connectivity index (χ1) is 12.5. The van der Waals surface area contributed by atoms with Crippen LogP contribution in [0.1, 0.15) is 35.2 Å². The molecule has 0 aliphatic carbocycles. The first kappa shape index (κ1) is 17.6. The smallest absolute Gasteiger partial charge is 0.338 e. The van der Waals surface area contributed by atoms with Crippen LogP contribution in [-0.4, -0.2) is 24.4 Å². The van der Waals surface area contributed by atoms with Gasteiger partial charge in [-0.3, -0.25) is 9.59 Å². The zero-order valence-corrected chi connectivity index (χ0v) is 14.0. The Hall–Kier alpha value is -3.22. The number of amides is 2. The molecular formula is C19H17FN2O4. The van der Waals surface area contributed by atoms with Gasteiger partial charge in [-0.05, 0) is 48.9 Å². The van der Waals surface area contributed by atoms with Gasteiger partial charge in [0.2, 0.25) is 11.8 Å². The van der Waals surface area contributed by atoms with Gasteiger partial charge in [0.15, 0.2) is 0 Å². The maximum Gasteiger partial charge on any atom is 0.338 e. The lowest BCUT2D eigenvalue weighted by atomic mass is 9.89. The average molecular weight is 356 g/mol. The van der Waals surface area contributed by atoms with Crippen LogP contribution in [0, 0.1) is 5.82 Å². The second-order valence-corrected chi connectivity index (χ2v) is 5.82. The van der Waals surface area contributed by atoms with E-state index >= 15 is 0 Å². The van der Waals surface area contributed by atoms with E-state index in [2.05, 4.69) is 10.6 Å². The molecule has 0 saturated heterocycles. The zero-order chi connectivity index (χ0) is 18.7. The number of carbonyl (C=O) groups is 3. The summed E-state index contributed by atoms with van der Waals surface area (Å²) in [6, 6.07) is 10.2. The Morgan fingerprint density at radius 3 is 2.65 bits per heavy atom. The Balaban J connectivity index is 1.76. The molecule has 0 aromatic heterocycles. The van der Waals surface area contributed by atoms with Crippen LogP contribution in [0.5, 0.6) is 0 Å². The van der Waals surface area contributed by atoms with Gasteiger partial charge in [0.05, 0.1) is 18.1 Å². The van der Waals surface area contributed by atoms with Crippen LogP contribution < -0.4 is 10.6 Å². The maximum absolute atomic E-state index is 13.4. The van der Waals surface area contributed by atoms with E-state index in [-0.39, 0.29) is 24.8 Å². The van der Waals surface area contributed by atoms with Crippen molar-refractivity contribution < 1.29 is 23.5 Å². The molecule has 26 heavy (non-hydrogen) atoms. The van der Waals surface area contributed by atoms with E-state index in [0.717, 1.165) is 0 Å². The van der Waals surface area contributed by atoms with Crippen LogP contribution in [0.2, 0.25) is 0 Å². The van der Waals surface area contributed by atoms with Crippen molar-refractivity contribution in [3.63, 3.8) is 0 Å². The number of hydrogen-bond acceptors (Lipinski definition) is 4. The SMILES string of the molecule is CCOC(=O)c1ccc(NC(=O)C2CC(=O)Nc3cc(F)ccc32)cc1. The van der Waals surface area contributed by atoms with Crippen molar-refractivity contribution >= 4 is 29.2 Å². The summed E-state index contributed by atoms with van der Waals surface area (Å²) in [5.41, 5.74) is 1.73. The van der Waals surface area contributed by atoms with Crippen molar-refractivity contribution in [3.05, 3.63) is 59.4 Å². The zero-order valence-electron chi connectivity index (χ0n) is 14.0. The van der Waals surface area contributed by atoms with Gasteiger partial charge >= 0.3 is 5.97 Å². The molecule has 1 heterocycles. The minimum absolute atomic E-state index is 0.0224. The summed E-state index contributed by atoms with van der Waals surface area (Å²) < 4.78 is 18.3. The lowest BCUT2D eigenvalue weighted by Gasteiger charge is -2.24. The largest absolute Gasteiger partial charge is 0.462 e. The monoisotopic (exact) mass is 356 g/mol. The summed E-state index contributed by atoms with van der Waals surface area (Å²) >= 11 is 0. The summed E-state index contributed by atoms with van der Waals surface area (Å²) in [6.45, 7) is 2.00. The molecule has 2 aromatic rings. The third-order valence-corrected chi connectivity index (χ3v) is 4.03. The van der Waals surface area contributed by atoms with Crippen molar-refractivity contribution in [1.82, 2.24) is 0 Å². The van der Waals surface area contributed by atoms with Crippen LogP contribution in [0.15, 0.2) is 42.5 Å². The number of fused-ring (bicyclic) bond motifs is 1. The van der Waals surface area contributed by atoms with E-state index in [0.29, 0.717) is 22.5 Å². The number of ether oxygens (including phenoxy) is 1. The average Bonchev–Trinajstić information content (AvgIpc) is 2.61. The summed E-state index contributed by atoms with van der Waals surface area (Å²) in [7, 11) is 0. The Kier molecular flexibility index (Phi) is 4.97. The third-order valence-electron chi connectivity index (χ3n) is 4.03. The molecule has 1 aliphatic rings. The molecule has 2 amide bonds. The van der Waals surface area contributed by atoms with E-state index in [9.17, 15) is 18.8 Å². The fourth-order valence-electron chi connectivity index (χ4n) is 2.80. The number of esters is 1. The quantitative estimate of drug-likeness (QED) is 0.825. The number of halogens is 1. The minimum Gasteiger partial charge on any atom is -0.462 e. The summed E-state index contributed by atoms with van der Waals surface area (Å²) in [6.07, 6.45) is -0.0224. The Morgan fingerprint density at radius 1 is 1.23 bits per heavy atom. The Labute approximate surface area is 149 Å². The molecule has 0 radical (unpaired) electrons. The maximum atomic E-state index is 13.4. The molecular weight excluding hydrogens is 339 g/mol. The fourth-order valence-corrected chi connectivity index (χ4v) is 2.80. The van der Waals surface area contributed by atoms with Crippen LogP contribution in [-0.2, 0) is 14.3 Å². The topological polar surface area (TPSA) is 84.5 Å².